The number of rotatable bonds is 4. The summed E-state index contributed by atoms with van der Waals surface area (Å²) in [7, 11) is 0. The number of aromatic nitrogens is 3. The number of anilines is 1. The first kappa shape index (κ1) is 15.9. The molecule has 128 valence electrons. The SMILES string of the molecule is Cc1c(C(=O)Nc2ccccc2-n2cccc2)cnn1-c1ccccc1. The van der Waals surface area contributed by atoms with E-state index < -0.39 is 0 Å². The van der Waals surface area contributed by atoms with Crippen LogP contribution in [0.4, 0.5) is 5.69 Å². The zero-order chi connectivity index (χ0) is 17.9. The van der Waals surface area contributed by atoms with Gasteiger partial charge in [0.05, 0.1) is 34.5 Å². The molecule has 0 saturated carbocycles. The Balaban J connectivity index is 1.64. The van der Waals surface area contributed by atoms with Crippen LogP contribution in [-0.2, 0) is 0 Å². The highest BCUT2D eigenvalue weighted by Crippen LogP contribution is 2.22. The van der Waals surface area contributed by atoms with Gasteiger partial charge in [0.25, 0.3) is 5.91 Å². The predicted molar refractivity (Wildman–Crippen MR) is 102 cm³/mol. The standard InChI is InChI=1S/C21H18N4O/c1-16-18(15-22-25(16)17-9-3-2-4-10-17)21(26)23-19-11-5-6-12-20(19)24-13-7-8-14-24/h2-15H,1H3,(H,23,26). The molecule has 1 N–H and O–H groups in total. The third-order valence-electron chi connectivity index (χ3n) is 4.29. The Morgan fingerprint density at radius 1 is 0.923 bits per heavy atom. The second-order valence-electron chi connectivity index (χ2n) is 5.95. The maximum Gasteiger partial charge on any atom is 0.259 e. The summed E-state index contributed by atoms with van der Waals surface area (Å²) < 4.78 is 3.74. The summed E-state index contributed by atoms with van der Waals surface area (Å²) in [6, 6.07) is 21.4. The van der Waals surface area contributed by atoms with E-state index >= 15 is 0 Å². The normalized spacial score (nSPS) is 10.7. The van der Waals surface area contributed by atoms with Gasteiger partial charge >= 0.3 is 0 Å². The van der Waals surface area contributed by atoms with Crippen molar-refractivity contribution in [3.63, 3.8) is 0 Å². The third kappa shape index (κ3) is 2.91. The maximum atomic E-state index is 12.8. The molecule has 0 aliphatic carbocycles. The first-order chi connectivity index (χ1) is 12.7. The Labute approximate surface area is 151 Å². The van der Waals surface area contributed by atoms with Crippen LogP contribution in [0.1, 0.15) is 16.1 Å². The molecule has 1 amide bonds. The molecule has 4 aromatic rings. The van der Waals surface area contributed by atoms with Gasteiger partial charge in [0.2, 0.25) is 0 Å². The fraction of sp³-hybridized carbons (Fsp3) is 0.0476. The van der Waals surface area contributed by atoms with Crippen LogP contribution >= 0.6 is 0 Å². The minimum atomic E-state index is -0.177. The van der Waals surface area contributed by atoms with E-state index in [0.717, 1.165) is 22.8 Å². The lowest BCUT2D eigenvalue weighted by Crippen LogP contribution is -2.14. The number of hydrogen-bond acceptors (Lipinski definition) is 2. The number of nitrogens with one attached hydrogen (secondary N) is 1. The first-order valence-electron chi connectivity index (χ1n) is 8.38. The Hall–Kier alpha value is -3.60. The van der Waals surface area contributed by atoms with Gasteiger partial charge in [-0.25, -0.2) is 4.68 Å². The molecule has 2 aromatic carbocycles. The van der Waals surface area contributed by atoms with Crippen molar-refractivity contribution >= 4 is 11.6 Å². The summed E-state index contributed by atoms with van der Waals surface area (Å²) in [6.07, 6.45) is 5.50. The highest BCUT2D eigenvalue weighted by atomic mass is 16.1. The molecule has 2 aromatic heterocycles. The Kier molecular flexibility index (Phi) is 4.11. The molecular formula is C21H18N4O. The second-order valence-corrected chi connectivity index (χ2v) is 5.95. The van der Waals surface area contributed by atoms with E-state index in [4.69, 9.17) is 0 Å². The lowest BCUT2D eigenvalue weighted by atomic mass is 10.2. The van der Waals surface area contributed by atoms with Crippen LogP contribution in [0.5, 0.6) is 0 Å². The minimum Gasteiger partial charge on any atom is -0.322 e. The summed E-state index contributed by atoms with van der Waals surface area (Å²) in [5.74, 6) is -0.177. The van der Waals surface area contributed by atoms with Crippen molar-refractivity contribution in [2.75, 3.05) is 5.32 Å². The van der Waals surface area contributed by atoms with Crippen molar-refractivity contribution < 1.29 is 4.79 Å². The molecule has 0 saturated heterocycles. The van der Waals surface area contributed by atoms with Crippen LogP contribution in [0.15, 0.2) is 85.3 Å². The molecule has 26 heavy (non-hydrogen) atoms. The largest absolute Gasteiger partial charge is 0.322 e. The Bertz CT molecular complexity index is 1030. The molecule has 0 atom stereocenters. The lowest BCUT2D eigenvalue weighted by Gasteiger charge is -2.12. The van der Waals surface area contributed by atoms with E-state index in [1.165, 1.54) is 0 Å². The number of carbonyl (C=O) groups is 1. The molecule has 5 nitrogen and oxygen atoms in total. The highest BCUT2D eigenvalue weighted by Gasteiger charge is 2.16. The van der Waals surface area contributed by atoms with Crippen molar-refractivity contribution in [1.29, 1.82) is 0 Å². The molecule has 0 unspecified atom stereocenters. The Morgan fingerprint density at radius 3 is 2.38 bits per heavy atom. The molecular weight excluding hydrogens is 324 g/mol. The molecule has 0 radical (unpaired) electrons. The number of benzene rings is 2. The Morgan fingerprint density at radius 2 is 1.62 bits per heavy atom. The zero-order valence-corrected chi connectivity index (χ0v) is 14.3. The predicted octanol–water partition coefficient (Wildman–Crippen LogP) is 4.22. The average Bonchev–Trinajstić information content (AvgIpc) is 3.33. The van der Waals surface area contributed by atoms with E-state index in [2.05, 4.69) is 10.4 Å². The van der Waals surface area contributed by atoms with Crippen LogP contribution < -0.4 is 5.32 Å². The van der Waals surface area contributed by atoms with E-state index in [1.54, 1.807) is 10.9 Å². The van der Waals surface area contributed by atoms with Crippen molar-refractivity contribution in [3.8, 4) is 11.4 Å². The third-order valence-corrected chi connectivity index (χ3v) is 4.29. The van der Waals surface area contributed by atoms with Gasteiger partial charge in [-0.2, -0.15) is 5.10 Å². The van der Waals surface area contributed by atoms with Gasteiger partial charge in [0.15, 0.2) is 0 Å². The zero-order valence-electron chi connectivity index (χ0n) is 14.3. The topological polar surface area (TPSA) is 51.9 Å². The number of hydrogen-bond donors (Lipinski definition) is 1. The number of nitrogens with zero attached hydrogens (tertiary/aromatic N) is 3. The summed E-state index contributed by atoms with van der Waals surface area (Å²) in [5, 5.41) is 7.38. The van der Waals surface area contributed by atoms with Crippen molar-refractivity contribution in [3.05, 3.63) is 96.6 Å². The van der Waals surface area contributed by atoms with Gasteiger partial charge in [-0.05, 0) is 43.3 Å². The van der Waals surface area contributed by atoms with Crippen LogP contribution in [0.25, 0.3) is 11.4 Å². The van der Waals surface area contributed by atoms with Gasteiger partial charge in [0.1, 0.15) is 0 Å². The monoisotopic (exact) mass is 342 g/mol. The van der Waals surface area contributed by atoms with Crippen LogP contribution in [0, 0.1) is 6.92 Å². The van der Waals surface area contributed by atoms with E-state index in [0.29, 0.717) is 5.56 Å². The van der Waals surface area contributed by atoms with Crippen LogP contribution in [0.2, 0.25) is 0 Å². The number of carbonyl (C=O) groups excluding carboxylic acids is 1. The summed E-state index contributed by atoms with van der Waals surface area (Å²) in [4.78, 5) is 12.8. The van der Waals surface area contributed by atoms with Crippen LogP contribution in [-0.4, -0.2) is 20.3 Å². The average molecular weight is 342 g/mol. The first-order valence-corrected chi connectivity index (χ1v) is 8.38. The summed E-state index contributed by atoms with van der Waals surface area (Å²) in [6.45, 7) is 1.90. The molecule has 0 fully saturated rings. The van der Waals surface area contributed by atoms with E-state index in [-0.39, 0.29) is 5.91 Å². The molecule has 4 rings (SSSR count). The molecule has 5 heteroatoms. The van der Waals surface area contributed by atoms with Gasteiger partial charge in [0, 0.05) is 12.4 Å². The van der Waals surface area contributed by atoms with Gasteiger partial charge in [-0.1, -0.05) is 30.3 Å². The molecule has 0 bridgehead atoms. The number of amides is 1. The molecule has 0 aliphatic heterocycles. The minimum absolute atomic E-state index is 0.177. The van der Waals surface area contributed by atoms with Gasteiger partial charge < -0.3 is 9.88 Å². The van der Waals surface area contributed by atoms with E-state index in [9.17, 15) is 4.79 Å². The summed E-state index contributed by atoms with van der Waals surface area (Å²) in [5.41, 5.74) is 3.94. The van der Waals surface area contributed by atoms with E-state index in [1.807, 2.05) is 90.6 Å². The van der Waals surface area contributed by atoms with Gasteiger partial charge in [-0.15, -0.1) is 0 Å². The second kappa shape index (κ2) is 6.72. The number of para-hydroxylation sites is 3. The van der Waals surface area contributed by atoms with Crippen LogP contribution in [0.3, 0.4) is 0 Å². The lowest BCUT2D eigenvalue weighted by molar-refractivity contribution is 0.102. The summed E-state index contributed by atoms with van der Waals surface area (Å²) >= 11 is 0. The van der Waals surface area contributed by atoms with Crippen molar-refractivity contribution in [2.45, 2.75) is 6.92 Å². The molecule has 0 spiro atoms. The fourth-order valence-corrected chi connectivity index (χ4v) is 2.95. The van der Waals surface area contributed by atoms with Gasteiger partial charge in [-0.3, -0.25) is 4.79 Å². The van der Waals surface area contributed by atoms with Crippen molar-refractivity contribution in [1.82, 2.24) is 14.3 Å². The molecule has 0 aliphatic rings. The molecule has 2 heterocycles. The quantitative estimate of drug-likeness (QED) is 0.603. The maximum absolute atomic E-state index is 12.8. The fourth-order valence-electron chi connectivity index (χ4n) is 2.95. The smallest absolute Gasteiger partial charge is 0.259 e. The highest BCUT2D eigenvalue weighted by molar-refractivity contribution is 6.06. The van der Waals surface area contributed by atoms with Crippen molar-refractivity contribution in [2.24, 2.45) is 0 Å².